The van der Waals surface area contributed by atoms with E-state index in [2.05, 4.69) is 12.1 Å². The molecule has 0 radical (unpaired) electrons. The summed E-state index contributed by atoms with van der Waals surface area (Å²) in [5.41, 5.74) is 5.16. The second-order valence-corrected chi connectivity index (χ2v) is 7.39. The molecular weight excluding hydrogens is 355 g/mol. The highest BCUT2D eigenvalue weighted by atomic mass is 19.1. The van der Waals surface area contributed by atoms with Crippen LogP contribution < -0.4 is 4.74 Å². The van der Waals surface area contributed by atoms with Crippen LogP contribution in [0, 0.1) is 11.7 Å². The van der Waals surface area contributed by atoms with E-state index in [-0.39, 0.29) is 23.6 Å². The molecule has 0 bridgehead atoms. The molecule has 2 atom stereocenters. The standard InChI is InChI=1S/C23H23FN2O2/c1-14(12-15(2)27)26-23(16-4-7-18(24)8-5-16)21-10-6-17-13-19(28-3)9-11-20(17)22(21)25-26/h4-5,7-9,11-13,21,23H,6,10H2,1-3H3/b14-12+/t21-,23+/m0/s1. The van der Waals surface area contributed by atoms with Crippen molar-refractivity contribution in [2.45, 2.75) is 32.7 Å². The van der Waals surface area contributed by atoms with Crippen molar-refractivity contribution in [3.05, 3.63) is 76.7 Å². The Kier molecular flexibility index (Phi) is 4.75. The Bertz CT molecular complexity index is 979. The second kappa shape index (κ2) is 7.23. The Morgan fingerprint density at radius 1 is 1.21 bits per heavy atom. The van der Waals surface area contributed by atoms with E-state index in [1.807, 2.05) is 30.1 Å². The Hall–Kier alpha value is -2.95. The lowest BCUT2D eigenvalue weighted by Gasteiger charge is -2.31. The molecule has 144 valence electrons. The van der Waals surface area contributed by atoms with Crippen LogP contribution in [0.25, 0.3) is 0 Å². The van der Waals surface area contributed by atoms with Crippen molar-refractivity contribution in [3.63, 3.8) is 0 Å². The number of ether oxygens (including phenoxy) is 1. The highest BCUT2D eigenvalue weighted by molar-refractivity contribution is 6.06. The monoisotopic (exact) mass is 378 g/mol. The van der Waals surface area contributed by atoms with Crippen molar-refractivity contribution in [3.8, 4) is 5.75 Å². The van der Waals surface area contributed by atoms with E-state index in [0.29, 0.717) is 0 Å². The first-order chi connectivity index (χ1) is 13.5. The lowest BCUT2D eigenvalue weighted by atomic mass is 9.77. The van der Waals surface area contributed by atoms with Gasteiger partial charge in [-0.05, 0) is 68.1 Å². The molecule has 1 aliphatic heterocycles. The number of fused-ring (bicyclic) bond motifs is 3. The number of aryl methyl sites for hydroxylation is 1. The van der Waals surface area contributed by atoms with Crippen LogP contribution in [0.2, 0.25) is 0 Å². The summed E-state index contributed by atoms with van der Waals surface area (Å²) in [5.74, 6) is 0.749. The molecule has 0 spiro atoms. The number of carbonyl (C=O) groups is 1. The molecule has 0 saturated carbocycles. The summed E-state index contributed by atoms with van der Waals surface area (Å²) in [6.45, 7) is 3.43. The number of methoxy groups -OCH3 is 1. The quantitative estimate of drug-likeness (QED) is 0.727. The van der Waals surface area contributed by atoms with Crippen molar-refractivity contribution in [1.82, 2.24) is 5.01 Å². The van der Waals surface area contributed by atoms with E-state index < -0.39 is 0 Å². The molecule has 0 N–H and O–H groups in total. The smallest absolute Gasteiger partial charge is 0.154 e. The average molecular weight is 378 g/mol. The summed E-state index contributed by atoms with van der Waals surface area (Å²) in [6.07, 6.45) is 3.47. The van der Waals surface area contributed by atoms with Gasteiger partial charge in [-0.3, -0.25) is 9.80 Å². The van der Waals surface area contributed by atoms with E-state index in [4.69, 9.17) is 9.84 Å². The molecule has 2 aliphatic rings. The van der Waals surface area contributed by atoms with E-state index >= 15 is 0 Å². The van der Waals surface area contributed by atoms with Crippen molar-refractivity contribution >= 4 is 11.5 Å². The number of rotatable bonds is 4. The molecule has 4 rings (SSSR count). The van der Waals surface area contributed by atoms with Gasteiger partial charge in [-0.25, -0.2) is 4.39 Å². The number of allylic oxidation sites excluding steroid dienone is 2. The zero-order valence-electron chi connectivity index (χ0n) is 16.3. The van der Waals surface area contributed by atoms with Gasteiger partial charge in [-0.2, -0.15) is 5.10 Å². The lowest BCUT2D eigenvalue weighted by Crippen LogP contribution is -2.28. The highest BCUT2D eigenvalue weighted by Crippen LogP contribution is 2.45. The zero-order valence-corrected chi connectivity index (χ0v) is 16.3. The Morgan fingerprint density at radius 3 is 2.64 bits per heavy atom. The van der Waals surface area contributed by atoms with Crippen molar-refractivity contribution in [2.24, 2.45) is 11.0 Å². The number of carbonyl (C=O) groups excluding carboxylic acids is 1. The van der Waals surface area contributed by atoms with Crippen LogP contribution in [0.5, 0.6) is 5.75 Å². The van der Waals surface area contributed by atoms with Gasteiger partial charge < -0.3 is 4.74 Å². The van der Waals surface area contributed by atoms with Crippen molar-refractivity contribution in [2.75, 3.05) is 7.11 Å². The topological polar surface area (TPSA) is 41.9 Å². The lowest BCUT2D eigenvalue weighted by molar-refractivity contribution is -0.112. The van der Waals surface area contributed by atoms with Crippen molar-refractivity contribution in [1.29, 1.82) is 0 Å². The number of nitrogens with zero attached hydrogens (tertiary/aromatic N) is 2. The maximum Gasteiger partial charge on any atom is 0.154 e. The molecule has 0 saturated heterocycles. The minimum atomic E-state index is -0.258. The van der Waals surface area contributed by atoms with Crippen LogP contribution in [0.1, 0.15) is 43.0 Å². The summed E-state index contributed by atoms with van der Waals surface area (Å²) in [5, 5.41) is 6.86. The van der Waals surface area contributed by atoms with Crippen LogP contribution in [0.4, 0.5) is 4.39 Å². The van der Waals surface area contributed by atoms with Gasteiger partial charge in [0, 0.05) is 23.3 Å². The molecule has 28 heavy (non-hydrogen) atoms. The van der Waals surface area contributed by atoms with Gasteiger partial charge in [0.2, 0.25) is 0 Å². The Balaban J connectivity index is 1.81. The summed E-state index contributed by atoms with van der Waals surface area (Å²) in [7, 11) is 1.67. The van der Waals surface area contributed by atoms with Gasteiger partial charge in [-0.1, -0.05) is 12.1 Å². The molecule has 0 aromatic heterocycles. The van der Waals surface area contributed by atoms with Gasteiger partial charge in [-0.15, -0.1) is 0 Å². The first-order valence-corrected chi connectivity index (χ1v) is 9.47. The van der Waals surface area contributed by atoms with Crippen LogP contribution in [-0.4, -0.2) is 23.6 Å². The van der Waals surface area contributed by atoms with E-state index in [1.54, 1.807) is 13.2 Å². The van der Waals surface area contributed by atoms with E-state index in [0.717, 1.165) is 41.1 Å². The fraction of sp³-hybridized carbons (Fsp3) is 0.304. The largest absolute Gasteiger partial charge is 0.497 e. The van der Waals surface area contributed by atoms with Crippen LogP contribution in [-0.2, 0) is 11.2 Å². The summed E-state index contributed by atoms with van der Waals surface area (Å²) >= 11 is 0. The molecular formula is C23H23FN2O2. The van der Waals surface area contributed by atoms with Gasteiger partial charge >= 0.3 is 0 Å². The van der Waals surface area contributed by atoms with Gasteiger partial charge in [0.15, 0.2) is 5.78 Å². The number of hydrogen-bond acceptors (Lipinski definition) is 4. The van der Waals surface area contributed by atoms with Gasteiger partial charge in [0.05, 0.1) is 18.9 Å². The summed E-state index contributed by atoms with van der Waals surface area (Å²) < 4.78 is 18.9. The fourth-order valence-electron chi connectivity index (χ4n) is 4.28. The number of hydrogen-bond donors (Lipinski definition) is 0. The molecule has 2 aromatic carbocycles. The Morgan fingerprint density at radius 2 is 1.96 bits per heavy atom. The first kappa shape index (κ1) is 18.4. The number of halogens is 1. The van der Waals surface area contributed by atoms with Crippen LogP contribution >= 0.6 is 0 Å². The Labute approximate surface area is 164 Å². The second-order valence-electron chi connectivity index (χ2n) is 7.39. The zero-order chi connectivity index (χ0) is 19.8. The minimum absolute atomic E-state index is 0.0180. The molecule has 0 amide bonds. The maximum absolute atomic E-state index is 13.5. The molecule has 1 heterocycles. The maximum atomic E-state index is 13.5. The predicted molar refractivity (Wildman–Crippen MR) is 107 cm³/mol. The molecule has 2 aromatic rings. The number of hydrazone groups is 1. The van der Waals surface area contributed by atoms with Crippen LogP contribution in [0.3, 0.4) is 0 Å². The van der Waals surface area contributed by atoms with Crippen molar-refractivity contribution < 1.29 is 13.9 Å². The third kappa shape index (κ3) is 3.21. The summed E-state index contributed by atoms with van der Waals surface area (Å²) in [6, 6.07) is 12.6. The normalized spacial score (nSPS) is 21.1. The third-order valence-corrected chi connectivity index (χ3v) is 5.51. The van der Waals surface area contributed by atoms with Gasteiger partial charge in [0.25, 0.3) is 0 Å². The van der Waals surface area contributed by atoms with E-state index in [1.165, 1.54) is 24.6 Å². The predicted octanol–water partition coefficient (Wildman–Crippen LogP) is 4.65. The minimum Gasteiger partial charge on any atom is -0.497 e. The molecule has 0 unspecified atom stereocenters. The molecule has 0 fully saturated rings. The molecule has 4 nitrogen and oxygen atoms in total. The van der Waals surface area contributed by atoms with Crippen LogP contribution in [0.15, 0.2) is 59.3 Å². The highest BCUT2D eigenvalue weighted by Gasteiger charge is 2.42. The first-order valence-electron chi connectivity index (χ1n) is 9.47. The average Bonchev–Trinajstić information content (AvgIpc) is 3.07. The van der Waals surface area contributed by atoms with E-state index in [9.17, 15) is 9.18 Å². The molecule has 1 aliphatic carbocycles. The number of ketones is 1. The fourth-order valence-corrected chi connectivity index (χ4v) is 4.28. The summed E-state index contributed by atoms with van der Waals surface area (Å²) in [4.78, 5) is 11.7. The third-order valence-electron chi connectivity index (χ3n) is 5.51. The van der Waals surface area contributed by atoms with Gasteiger partial charge in [0.1, 0.15) is 11.6 Å². The SMILES string of the molecule is COc1ccc2c(c1)CC[C@H]1C2=NN(/C(C)=C/C(C)=O)[C@@H]1c1ccc(F)cc1. The number of benzene rings is 2. The molecule has 5 heteroatoms.